The third kappa shape index (κ3) is 4.33. The average Bonchev–Trinajstić information content (AvgIpc) is 3.23. The quantitative estimate of drug-likeness (QED) is 0.596. The lowest BCUT2D eigenvalue weighted by Gasteiger charge is -2.34. The summed E-state index contributed by atoms with van der Waals surface area (Å²) in [4.78, 5) is 24.7. The minimum absolute atomic E-state index is 0.0249. The van der Waals surface area contributed by atoms with E-state index in [0.29, 0.717) is 43.2 Å². The number of piperazine rings is 1. The monoisotopic (exact) mass is 433 g/mol. The van der Waals surface area contributed by atoms with Gasteiger partial charge in [0.25, 0.3) is 0 Å². The van der Waals surface area contributed by atoms with Crippen LogP contribution < -0.4 is 9.62 Å². The van der Waals surface area contributed by atoms with Gasteiger partial charge in [0, 0.05) is 51.5 Å². The molecular formula is C17H19N7O3S2. The van der Waals surface area contributed by atoms with E-state index >= 15 is 0 Å². The fourth-order valence-corrected chi connectivity index (χ4v) is 4.93. The van der Waals surface area contributed by atoms with E-state index in [2.05, 4.69) is 23.4 Å². The fraction of sp³-hybridized carbons (Fsp3) is 0.353. The molecule has 1 N–H and O–H groups in total. The molecule has 1 fully saturated rings. The Hall–Kier alpha value is -2.70. The van der Waals surface area contributed by atoms with Crippen LogP contribution in [-0.2, 0) is 14.8 Å². The van der Waals surface area contributed by atoms with Gasteiger partial charge in [-0.25, -0.2) is 23.1 Å². The smallest absolute Gasteiger partial charge is 0.242 e. The highest BCUT2D eigenvalue weighted by molar-refractivity contribution is 7.89. The van der Waals surface area contributed by atoms with Gasteiger partial charge in [0.15, 0.2) is 0 Å². The number of sulfonamides is 1. The van der Waals surface area contributed by atoms with Crippen LogP contribution in [0.2, 0.25) is 0 Å². The molecule has 0 spiro atoms. The van der Waals surface area contributed by atoms with Crippen molar-refractivity contribution in [3.63, 3.8) is 0 Å². The van der Waals surface area contributed by atoms with Gasteiger partial charge >= 0.3 is 0 Å². The normalized spacial score (nSPS) is 15.0. The first-order chi connectivity index (χ1) is 14.0. The van der Waals surface area contributed by atoms with E-state index in [1.807, 2.05) is 4.90 Å². The lowest BCUT2D eigenvalue weighted by molar-refractivity contribution is -0.131. The van der Waals surface area contributed by atoms with Gasteiger partial charge in [0.2, 0.25) is 21.9 Å². The number of nitrogens with zero attached hydrogens (tertiary/aromatic N) is 6. The lowest BCUT2D eigenvalue weighted by Crippen LogP contribution is -2.49. The standard InChI is InChI=1S/C17H19N7O3S2/c25-15(23-9-11-24(12-10-23)17-18-6-2-7-19-17)5-8-20-29(26,27)14-4-1-3-13-16(14)22-28-21-13/h1-4,6-7,20H,5,8-12H2. The average molecular weight is 434 g/mol. The van der Waals surface area contributed by atoms with E-state index in [9.17, 15) is 13.2 Å². The van der Waals surface area contributed by atoms with Crippen LogP contribution in [0, 0.1) is 0 Å². The molecule has 29 heavy (non-hydrogen) atoms. The molecule has 1 aromatic carbocycles. The Morgan fingerprint density at radius 2 is 1.83 bits per heavy atom. The molecule has 10 nitrogen and oxygen atoms in total. The van der Waals surface area contributed by atoms with Crippen molar-refractivity contribution in [2.75, 3.05) is 37.6 Å². The molecule has 1 amide bonds. The molecule has 0 atom stereocenters. The molecule has 0 bridgehead atoms. The van der Waals surface area contributed by atoms with Crippen LogP contribution in [0.4, 0.5) is 5.95 Å². The van der Waals surface area contributed by atoms with Crippen LogP contribution in [0.25, 0.3) is 11.0 Å². The summed E-state index contributed by atoms with van der Waals surface area (Å²) < 4.78 is 35.8. The van der Waals surface area contributed by atoms with E-state index in [-0.39, 0.29) is 23.8 Å². The summed E-state index contributed by atoms with van der Waals surface area (Å²) in [6.45, 7) is 2.40. The zero-order valence-corrected chi connectivity index (χ0v) is 17.1. The van der Waals surface area contributed by atoms with Gasteiger partial charge in [0.05, 0.1) is 11.7 Å². The molecule has 2 aromatic heterocycles. The summed E-state index contributed by atoms with van der Waals surface area (Å²) in [7, 11) is -3.77. The number of carbonyl (C=O) groups excluding carboxylic acids is 1. The Morgan fingerprint density at radius 3 is 2.59 bits per heavy atom. The summed E-state index contributed by atoms with van der Waals surface area (Å²) in [5.41, 5.74) is 0.879. The van der Waals surface area contributed by atoms with Crippen molar-refractivity contribution in [3.8, 4) is 0 Å². The first-order valence-electron chi connectivity index (χ1n) is 9.05. The van der Waals surface area contributed by atoms with Crippen molar-refractivity contribution in [1.82, 2.24) is 28.3 Å². The zero-order valence-electron chi connectivity index (χ0n) is 15.4. The number of rotatable bonds is 6. The van der Waals surface area contributed by atoms with Gasteiger partial charge < -0.3 is 9.80 Å². The molecule has 12 heteroatoms. The molecular weight excluding hydrogens is 414 g/mol. The van der Waals surface area contributed by atoms with Crippen molar-refractivity contribution >= 4 is 44.6 Å². The number of benzene rings is 1. The second-order valence-electron chi connectivity index (χ2n) is 6.45. The second kappa shape index (κ2) is 8.35. The van der Waals surface area contributed by atoms with E-state index in [1.165, 1.54) is 6.07 Å². The van der Waals surface area contributed by atoms with E-state index in [4.69, 9.17) is 0 Å². The fourth-order valence-electron chi connectivity index (χ4n) is 3.14. The lowest BCUT2D eigenvalue weighted by atomic mass is 10.3. The highest BCUT2D eigenvalue weighted by Gasteiger charge is 2.23. The molecule has 0 unspecified atom stereocenters. The van der Waals surface area contributed by atoms with Crippen LogP contribution in [0.1, 0.15) is 6.42 Å². The summed E-state index contributed by atoms with van der Waals surface area (Å²) in [5, 5.41) is 0. The summed E-state index contributed by atoms with van der Waals surface area (Å²) >= 11 is 0.963. The Bertz CT molecular complexity index is 1100. The Kier molecular flexibility index (Phi) is 5.65. The van der Waals surface area contributed by atoms with Crippen molar-refractivity contribution in [3.05, 3.63) is 36.7 Å². The molecule has 3 heterocycles. The van der Waals surface area contributed by atoms with Gasteiger partial charge in [-0.1, -0.05) is 6.07 Å². The Balaban J connectivity index is 1.30. The topological polar surface area (TPSA) is 121 Å². The number of carbonyl (C=O) groups is 1. The Morgan fingerprint density at radius 1 is 1.07 bits per heavy atom. The second-order valence-corrected chi connectivity index (χ2v) is 8.72. The van der Waals surface area contributed by atoms with Gasteiger partial charge in [-0.15, -0.1) is 0 Å². The number of hydrogen-bond acceptors (Lipinski definition) is 9. The van der Waals surface area contributed by atoms with Crippen LogP contribution in [0.5, 0.6) is 0 Å². The highest BCUT2D eigenvalue weighted by Crippen LogP contribution is 2.20. The molecule has 152 valence electrons. The maximum atomic E-state index is 12.6. The van der Waals surface area contributed by atoms with Crippen LogP contribution in [0.15, 0.2) is 41.6 Å². The van der Waals surface area contributed by atoms with Gasteiger partial charge in [-0.3, -0.25) is 4.79 Å². The number of fused-ring (bicyclic) bond motifs is 1. The molecule has 1 saturated heterocycles. The molecule has 4 rings (SSSR count). The van der Waals surface area contributed by atoms with Gasteiger partial charge in [-0.05, 0) is 18.2 Å². The van der Waals surface area contributed by atoms with E-state index in [0.717, 1.165) is 11.7 Å². The first-order valence-corrected chi connectivity index (χ1v) is 11.3. The number of amides is 1. The summed E-state index contributed by atoms with van der Waals surface area (Å²) in [5.74, 6) is 0.563. The van der Waals surface area contributed by atoms with E-state index in [1.54, 1.807) is 35.5 Å². The molecule has 0 aliphatic carbocycles. The molecule has 1 aliphatic heterocycles. The maximum absolute atomic E-state index is 12.6. The van der Waals surface area contributed by atoms with Crippen LogP contribution in [0.3, 0.4) is 0 Å². The maximum Gasteiger partial charge on any atom is 0.242 e. The third-order valence-electron chi connectivity index (χ3n) is 4.64. The highest BCUT2D eigenvalue weighted by atomic mass is 32.2. The van der Waals surface area contributed by atoms with E-state index < -0.39 is 10.0 Å². The number of anilines is 1. The van der Waals surface area contributed by atoms with Gasteiger partial charge in [-0.2, -0.15) is 8.75 Å². The molecule has 1 aliphatic rings. The summed E-state index contributed by atoms with van der Waals surface area (Å²) in [6, 6.07) is 6.58. The minimum Gasteiger partial charge on any atom is -0.339 e. The summed E-state index contributed by atoms with van der Waals surface area (Å²) in [6.07, 6.45) is 3.47. The number of aromatic nitrogens is 4. The predicted octanol–water partition coefficient (Wildman–Crippen LogP) is 0.498. The minimum atomic E-state index is -3.77. The van der Waals surface area contributed by atoms with Crippen molar-refractivity contribution in [1.29, 1.82) is 0 Å². The molecule has 0 radical (unpaired) electrons. The Labute approximate surface area is 172 Å². The molecule has 0 saturated carbocycles. The molecule has 3 aromatic rings. The van der Waals surface area contributed by atoms with Crippen molar-refractivity contribution < 1.29 is 13.2 Å². The van der Waals surface area contributed by atoms with Gasteiger partial charge in [0.1, 0.15) is 15.9 Å². The van der Waals surface area contributed by atoms with Crippen molar-refractivity contribution in [2.45, 2.75) is 11.3 Å². The number of nitrogens with one attached hydrogen (secondary N) is 1. The SMILES string of the molecule is O=C(CCNS(=O)(=O)c1cccc2nsnc12)N1CCN(c2ncccn2)CC1. The van der Waals surface area contributed by atoms with Crippen LogP contribution >= 0.6 is 11.7 Å². The van der Waals surface area contributed by atoms with Crippen LogP contribution in [-0.4, -0.2) is 70.7 Å². The zero-order chi connectivity index (χ0) is 20.3. The first kappa shape index (κ1) is 19.6. The van der Waals surface area contributed by atoms with Crippen molar-refractivity contribution in [2.24, 2.45) is 0 Å². The number of hydrogen-bond donors (Lipinski definition) is 1. The largest absolute Gasteiger partial charge is 0.339 e. The predicted molar refractivity (Wildman–Crippen MR) is 108 cm³/mol. The third-order valence-corrected chi connectivity index (χ3v) is 6.67.